The van der Waals surface area contributed by atoms with Crippen LogP contribution in [0.25, 0.3) is 0 Å². The van der Waals surface area contributed by atoms with Crippen molar-refractivity contribution in [1.82, 2.24) is 4.90 Å². The van der Waals surface area contributed by atoms with Crippen molar-refractivity contribution in [3.05, 3.63) is 6.42 Å². The number of rotatable bonds is 4. The summed E-state index contributed by atoms with van der Waals surface area (Å²) in [5.41, 5.74) is 5.25. The summed E-state index contributed by atoms with van der Waals surface area (Å²) in [5, 5.41) is 8.91. The van der Waals surface area contributed by atoms with Crippen molar-refractivity contribution in [3.8, 4) is 6.07 Å². The van der Waals surface area contributed by atoms with Crippen LogP contribution in [0.15, 0.2) is 0 Å². The van der Waals surface area contributed by atoms with Gasteiger partial charge in [0.05, 0.1) is 18.2 Å². The van der Waals surface area contributed by atoms with Gasteiger partial charge in [0.25, 0.3) is 0 Å². The van der Waals surface area contributed by atoms with Crippen LogP contribution in [0.5, 0.6) is 0 Å². The molecule has 1 aliphatic rings. The second kappa shape index (κ2) is 9.34. The number of hydrogen-bond donors (Lipinski definition) is 1. The maximum Gasteiger partial charge on any atom is 0.238 e. The maximum atomic E-state index is 12.1. The molecule has 1 saturated heterocycles. The average Bonchev–Trinajstić information content (AvgIpc) is 2.74. The molecule has 1 heterocycles. The van der Waals surface area contributed by atoms with E-state index < -0.39 is 17.5 Å². The Hall–Kier alpha value is 0.382. The smallest absolute Gasteiger partial charge is 0.238 e. The fourth-order valence-corrected chi connectivity index (χ4v) is 1.80. The van der Waals surface area contributed by atoms with Gasteiger partial charge in [-0.15, -0.1) is 19.4 Å². The monoisotopic (exact) mass is 508 g/mol. The van der Waals surface area contributed by atoms with Gasteiger partial charge in [-0.3, -0.25) is 11.1 Å². The van der Waals surface area contributed by atoms with E-state index in [1.165, 1.54) is 4.90 Å². The predicted octanol–water partition coefficient (Wildman–Crippen LogP) is 0.163. The van der Waals surface area contributed by atoms with Crippen LogP contribution < -0.4 is 5.73 Å². The molecule has 1 rings (SSSR count). The normalized spacial score (nSPS) is 19.7. The van der Waals surface area contributed by atoms with E-state index in [1.54, 1.807) is 20.1 Å². The van der Waals surface area contributed by atoms with Crippen molar-refractivity contribution < 1.29 is 63.4 Å². The number of carbonyl (C=O) groups is 1. The van der Waals surface area contributed by atoms with Crippen molar-refractivity contribution in [2.75, 3.05) is 6.54 Å². The zero-order valence-electron chi connectivity index (χ0n) is 11.1. The van der Waals surface area contributed by atoms with E-state index in [9.17, 15) is 9.59 Å². The van der Waals surface area contributed by atoms with E-state index >= 15 is 0 Å². The van der Waals surface area contributed by atoms with Crippen molar-refractivity contribution in [1.29, 1.82) is 5.26 Å². The molecule has 0 bridgehead atoms. The molecule has 0 spiro atoms. The first-order chi connectivity index (χ1) is 7.94. The number of amides is 1. The summed E-state index contributed by atoms with van der Waals surface area (Å²) in [6, 6.07) is 0.862. The standard InChI is InChI=1S/C12H17N3O2.W.Y/c1-12(2,5-7-16)10(14)11(17)15-6-3-4-9(15)8-13;;/h3,9-10H,4-6,14H2,1-2H3;;/q-2;;/t9-,10?;;/m0../s1. The third-order valence-corrected chi connectivity index (χ3v) is 3.16. The van der Waals surface area contributed by atoms with Crippen LogP contribution in [0.3, 0.4) is 0 Å². The Morgan fingerprint density at radius 2 is 2.26 bits per heavy atom. The fourth-order valence-electron chi connectivity index (χ4n) is 1.80. The van der Waals surface area contributed by atoms with E-state index in [4.69, 9.17) is 11.0 Å². The summed E-state index contributed by atoms with van der Waals surface area (Å²) in [6.45, 7) is 3.95. The van der Waals surface area contributed by atoms with Crippen LogP contribution in [0.4, 0.5) is 0 Å². The largest absolute Gasteiger partial charge is 0.542 e. The minimum absolute atomic E-state index is 0. The number of carbonyl (C=O) groups excluding carboxylic acids is 2. The van der Waals surface area contributed by atoms with Crippen LogP contribution in [-0.4, -0.2) is 35.7 Å². The Kier molecular flexibility index (Phi) is 10.7. The summed E-state index contributed by atoms with van der Waals surface area (Å²) in [4.78, 5) is 24.0. The number of likely N-dealkylation sites (tertiary alicyclic amines) is 1. The molecule has 103 valence electrons. The van der Waals surface area contributed by atoms with Gasteiger partial charge in [0.1, 0.15) is 0 Å². The van der Waals surface area contributed by atoms with Gasteiger partial charge in [0.2, 0.25) is 5.91 Å². The zero-order valence-corrected chi connectivity index (χ0v) is 16.9. The second-order valence-electron chi connectivity index (χ2n) is 4.95. The van der Waals surface area contributed by atoms with Gasteiger partial charge in [0, 0.05) is 53.8 Å². The van der Waals surface area contributed by atoms with Gasteiger partial charge in [-0.2, -0.15) is 5.26 Å². The Bertz CT molecular complexity index is 357. The third-order valence-electron chi connectivity index (χ3n) is 3.16. The van der Waals surface area contributed by atoms with Crippen LogP contribution >= 0.6 is 0 Å². The molecule has 1 aliphatic heterocycles. The summed E-state index contributed by atoms with van der Waals surface area (Å²) in [7, 11) is 0. The zero-order chi connectivity index (χ0) is 13.1. The van der Waals surface area contributed by atoms with Crippen molar-refractivity contribution in [3.63, 3.8) is 0 Å². The van der Waals surface area contributed by atoms with Gasteiger partial charge in [0.15, 0.2) is 0 Å². The van der Waals surface area contributed by atoms with Crippen LogP contribution in [0, 0.1) is 23.2 Å². The van der Waals surface area contributed by atoms with Crippen LogP contribution in [0.1, 0.15) is 26.7 Å². The molecule has 2 atom stereocenters. The van der Waals surface area contributed by atoms with Gasteiger partial charge >= 0.3 is 0 Å². The van der Waals surface area contributed by atoms with Crippen molar-refractivity contribution >= 4 is 12.2 Å². The molecule has 1 fully saturated rings. The molecular formula is C12H17N3O2WY-2. The summed E-state index contributed by atoms with van der Waals surface area (Å²) < 4.78 is 0. The fraction of sp³-hybridized carbons (Fsp3) is 0.667. The quantitative estimate of drug-likeness (QED) is 0.549. The third kappa shape index (κ3) is 5.34. The molecule has 1 radical (unpaired) electrons. The number of hydrogen-bond acceptors (Lipinski definition) is 4. The number of nitriles is 1. The molecule has 0 aromatic rings. The topological polar surface area (TPSA) is 87.2 Å². The number of nitrogens with two attached hydrogens (primary N) is 1. The minimum Gasteiger partial charge on any atom is -0.542 e. The molecule has 1 amide bonds. The minimum atomic E-state index is -0.786. The molecule has 0 aromatic carbocycles. The van der Waals surface area contributed by atoms with E-state index in [0.717, 1.165) is 0 Å². The number of nitrogens with zero attached hydrogens (tertiary/aromatic N) is 2. The average molecular weight is 508 g/mol. The Morgan fingerprint density at radius 1 is 1.68 bits per heavy atom. The van der Waals surface area contributed by atoms with Gasteiger partial charge in [-0.25, -0.2) is 0 Å². The first-order valence-corrected chi connectivity index (χ1v) is 5.56. The van der Waals surface area contributed by atoms with Gasteiger partial charge < -0.3 is 21.8 Å². The Labute approximate surface area is 153 Å². The summed E-state index contributed by atoms with van der Waals surface area (Å²) in [6.07, 6.45) is 4.36. The molecule has 19 heavy (non-hydrogen) atoms. The molecule has 0 saturated carbocycles. The first kappa shape index (κ1) is 21.7. The Morgan fingerprint density at radius 3 is 2.74 bits per heavy atom. The van der Waals surface area contributed by atoms with E-state index in [-0.39, 0.29) is 66.1 Å². The second-order valence-corrected chi connectivity index (χ2v) is 4.95. The van der Waals surface area contributed by atoms with Crippen LogP contribution in [-0.2, 0) is 63.4 Å². The summed E-state index contributed by atoms with van der Waals surface area (Å²) in [5.74, 6) is -0.273. The maximum absolute atomic E-state index is 12.1. The Balaban J connectivity index is 0. The molecule has 1 unspecified atom stereocenters. The molecule has 0 aliphatic carbocycles. The summed E-state index contributed by atoms with van der Waals surface area (Å²) >= 11 is 0. The van der Waals surface area contributed by atoms with Gasteiger partial charge in [-0.05, 0) is 5.41 Å². The van der Waals surface area contributed by atoms with E-state index in [0.29, 0.717) is 13.0 Å². The predicted molar refractivity (Wildman–Crippen MR) is 62.1 cm³/mol. The van der Waals surface area contributed by atoms with Crippen molar-refractivity contribution in [2.45, 2.75) is 38.8 Å². The SMILES string of the molecule is CC(C)(C[C-]=O)C(N)C(=O)N1C[CH-]C[C@H]1C#N.[W].[Y]. The molecule has 7 heteroatoms. The van der Waals surface area contributed by atoms with Gasteiger partial charge in [-0.1, -0.05) is 13.8 Å². The molecular weight excluding hydrogens is 491 g/mol. The molecule has 0 aromatic heterocycles. The van der Waals surface area contributed by atoms with E-state index in [1.807, 2.05) is 6.42 Å². The van der Waals surface area contributed by atoms with Crippen molar-refractivity contribution in [2.24, 2.45) is 11.1 Å². The molecule has 2 N–H and O–H groups in total. The van der Waals surface area contributed by atoms with Crippen LogP contribution in [0.2, 0.25) is 0 Å². The molecule has 5 nitrogen and oxygen atoms in total. The van der Waals surface area contributed by atoms with E-state index in [2.05, 4.69) is 6.07 Å². The first-order valence-electron chi connectivity index (χ1n) is 5.56.